The zero-order valence-corrected chi connectivity index (χ0v) is 13.3. The van der Waals surface area contributed by atoms with Crippen molar-refractivity contribution in [3.05, 3.63) is 5.01 Å². The van der Waals surface area contributed by atoms with Crippen LogP contribution < -0.4 is 5.32 Å². The van der Waals surface area contributed by atoms with E-state index in [2.05, 4.69) is 15.5 Å². The van der Waals surface area contributed by atoms with E-state index in [1.807, 2.05) is 6.92 Å². The second-order valence-corrected chi connectivity index (χ2v) is 7.39. The molecular weight excluding hydrogens is 350 g/mol. The number of unbranched alkanes of at least 4 members (excludes halogenated alkanes) is 1. The number of halogens is 5. The lowest BCUT2D eigenvalue weighted by atomic mass is 9.98. The summed E-state index contributed by atoms with van der Waals surface area (Å²) in [6.07, 6.45) is -2.22. The number of amides is 1. The van der Waals surface area contributed by atoms with Gasteiger partial charge in [-0.15, -0.1) is 33.4 Å². The van der Waals surface area contributed by atoms with E-state index in [1.165, 1.54) is 0 Å². The smallest absolute Gasteiger partial charge is 0.300 e. The summed E-state index contributed by atoms with van der Waals surface area (Å²) in [5.41, 5.74) is -0.962. The second kappa shape index (κ2) is 5.55. The van der Waals surface area contributed by atoms with Crippen LogP contribution in [0.3, 0.4) is 0 Å². The maximum atomic E-state index is 12.4. The average Bonchev–Trinajstić information content (AvgIpc) is 2.74. The SMILES string of the molecule is CCCCC1(C(=O)Nc2nnc(C(F)(F)F)s2)CC1(Cl)Cl. The maximum absolute atomic E-state index is 12.4. The number of aromatic nitrogens is 2. The molecule has 1 saturated carbocycles. The van der Waals surface area contributed by atoms with Crippen LogP contribution in [0.2, 0.25) is 0 Å². The standard InChI is InChI=1S/C11H12Cl2F3N3OS/c1-2-3-4-9(5-10(9,12)13)6(20)17-8-19-18-7(21-8)11(14,15)16/h2-5H2,1H3,(H,17,19,20). The molecule has 4 nitrogen and oxygen atoms in total. The van der Waals surface area contributed by atoms with Gasteiger partial charge in [-0.1, -0.05) is 31.1 Å². The van der Waals surface area contributed by atoms with Crippen molar-refractivity contribution in [3.63, 3.8) is 0 Å². The highest BCUT2D eigenvalue weighted by molar-refractivity contribution is 7.15. The Bertz CT molecular complexity index is 549. The minimum atomic E-state index is -4.58. The molecule has 0 spiro atoms. The normalized spacial score (nSPS) is 23.9. The van der Waals surface area contributed by atoms with Crippen LogP contribution in [0.15, 0.2) is 0 Å². The number of alkyl halides is 5. The number of hydrogen-bond donors (Lipinski definition) is 1. The Hall–Kier alpha value is -0.600. The molecule has 0 aromatic carbocycles. The van der Waals surface area contributed by atoms with Crippen LogP contribution >= 0.6 is 34.5 Å². The van der Waals surface area contributed by atoms with Crippen LogP contribution in [-0.4, -0.2) is 20.4 Å². The molecule has 1 atom stereocenters. The number of nitrogens with zero attached hydrogens (tertiary/aromatic N) is 2. The molecule has 10 heteroatoms. The summed E-state index contributed by atoms with van der Waals surface area (Å²) in [6, 6.07) is 0. The lowest BCUT2D eigenvalue weighted by Gasteiger charge is -2.16. The van der Waals surface area contributed by atoms with Gasteiger partial charge in [0.15, 0.2) is 0 Å². The first-order valence-corrected chi connectivity index (χ1v) is 7.79. The van der Waals surface area contributed by atoms with E-state index >= 15 is 0 Å². The zero-order valence-electron chi connectivity index (χ0n) is 10.9. The Morgan fingerprint density at radius 2 is 2.05 bits per heavy atom. The van der Waals surface area contributed by atoms with Gasteiger partial charge in [-0.05, 0) is 12.8 Å². The van der Waals surface area contributed by atoms with Crippen molar-refractivity contribution in [2.45, 2.75) is 43.1 Å². The first-order valence-electron chi connectivity index (χ1n) is 6.22. The third-order valence-corrected chi connectivity index (χ3v) is 5.25. The van der Waals surface area contributed by atoms with Crippen molar-refractivity contribution in [3.8, 4) is 0 Å². The predicted octanol–water partition coefficient (Wildman–Crippen LogP) is 4.25. The van der Waals surface area contributed by atoms with Crippen LogP contribution in [0.4, 0.5) is 18.3 Å². The number of carbonyl (C=O) groups excluding carboxylic acids is 1. The highest BCUT2D eigenvalue weighted by Gasteiger charge is 2.70. The number of nitrogens with one attached hydrogen (secondary N) is 1. The topological polar surface area (TPSA) is 54.9 Å². The number of rotatable bonds is 5. The Balaban J connectivity index is 2.09. The van der Waals surface area contributed by atoms with Crippen molar-refractivity contribution in [1.29, 1.82) is 0 Å². The van der Waals surface area contributed by atoms with Crippen LogP contribution in [0.1, 0.15) is 37.6 Å². The molecule has 1 unspecified atom stereocenters. The van der Waals surface area contributed by atoms with Gasteiger partial charge in [-0.25, -0.2) is 0 Å². The van der Waals surface area contributed by atoms with Gasteiger partial charge >= 0.3 is 6.18 Å². The summed E-state index contributed by atoms with van der Waals surface area (Å²) in [7, 11) is 0. The molecule has 1 aliphatic rings. The summed E-state index contributed by atoms with van der Waals surface area (Å²) in [4.78, 5) is 12.3. The molecule has 1 aromatic rings. The molecule has 0 aliphatic heterocycles. The van der Waals surface area contributed by atoms with Gasteiger partial charge in [-0.2, -0.15) is 13.2 Å². The van der Waals surface area contributed by atoms with Crippen molar-refractivity contribution < 1.29 is 18.0 Å². The second-order valence-electron chi connectivity index (χ2n) is 4.93. The van der Waals surface area contributed by atoms with E-state index in [1.54, 1.807) is 0 Å². The van der Waals surface area contributed by atoms with Crippen LogP contribution in [0.5, 0.6) is 0 Å². The fraction of sp³-hybridized carbons (Fsp3) is 0.727. The Kier molecular flexibility index (Phi) is 4.43. The summed E-state index contributed by atoms with van der Waals surface area (Å²) in [5, 5.41) is 7.34. The minimum Gasteiger partial charge on any atom is -0.300 e. The third-order valence-electron chi connectivity index (χ3n) is 3.38. The van der Waals surface area contributed by atoms with Gasteiger partial charge in [0.1, 0.15) is 4.33 Å². The van der Waals surface area contributed by atoms with E-state index in [0.717, 1.165) is 12.8 Å². The third kappa shape index (κ3) is 3.27. The molecule has 1 fully saturated rings. The zero-order chi connectivity index (χ0) is 15.9. The lowest BCUT2D eigenvalue weighted by molar-refractivity contribution is -0.138. The van der Waals surface area contributed by atoms with Crippen molar-refractivity contribution in [1.82, 2.24) is 10.2 Å². The van der Waals surface area contributed by atoms with Crippen molar-refractivity contribution >= 4 is 45.6 Å². The molecule has 0 bridgehead atoms. The summed E-state index contributed by atoms with van der Waals surface area (Å²) in [6.45, 7) is 1.96. The molecule has 1 N–H and O–H groups in total. The largest absolute Gasteiger partial charge is 0.445 e. The molecule has 2 rings (SSSR count). The van der Waals surface area contributed by atoms with E-state index in [0.29, 0.717) is 6.42 Å². The minimum absolute atomic E-state index is 0.209. The predicted molar refractivity (Wildman–Crippen MR) is 74.6 cm³/mol. The van der Waals surface area contributed by atoms with Gasteiger partial charge in [0.25, 0.3) is 0 Å². The first-order chi connectivity index (χ1) is 9.62. The maximum Gasteiger partial charge on any atom is 0.445 e. The quantitative estimate of drug-likeness (QED) is 0.797. The van der Waals surface area contributed by atoms with Crippen molar-refractivity contribution in [2.24, 2.45) is 5.41 Å². The number of carbonyl (C=O) groups is 1. The molecule has 21 heavy (non-hydrogen) atoms. The van der Waals surface area contributed by atoms with Crippen LogP contribution in [0.25, 0.3) is 0 Å². The first kappa shape index (κ1) is 16.8. The Labute approximate surface area is 133 Å². The molecule has 1 heterocycles. The molecule has 0 radical (unpaired) electrons. The molecule has 0 saturated heterocycles. The van der Waals surface area contributed by atoms with E-state index < -0.39 is 26.8 Å². The lowest BCUT2D eigenvalue weighted by Crippen LogP contribution is -2.28. The van der Waals surface area contributed by atoms with Gasteiger partial charge in [0.2, 0.25) is 16.0 Å². The number of anilines is 1. The molecule has 1 amide bonds. The Morgan fingerprint density at radius 1 is 1.43 bits per heavy atom. The van der Waals surface area contributed by atoms with Crippen molar-refractivity contribution in [2.75, 3.05) is 5.32 Å². The van der Waals surface area contributed by atoms with Gasteiger partial charge < -0.3 is 0 Å². The van der Waals surface area contributed by atoms with Gasteiger partial charge in [0.05, 0.1) is 5.41 Å². The summed E-state index contributed by atoms with van der Waals surface area (Å²) in [5.74, 6) is -0.508. The monoisotopic (exact) mass is 361 g/mol. The van der Waals surface area contributed by atoms with E-state index in [-0.39, 0.29) is 22.9 Å². The van der Waals surface area contributed by atoms with E-state index in [4.69, 9.17) is 23.2 Å². The van der Waals surface area contributed by atoms with Gasteiger partial charge in [-0.3, -0.25) is 10.1 Å². The highest BCUT2D eigenvalue weighted by Crippen LogP contribution is 2.67. The van der Waals surface area contributed by atoms with E-state index in [9.17, 15) is 18.0 Å². The summed E-state index contributed by atoms with van der Waals surface area (Å²) >= 11 is 12.3. The Morgan fingerprint density at radius 3 is 2.48 bits per heavy atom. The molecule has 1 aromatic heterocycles. The fourth-order valence-electron chi connectivity index (χ4n) is 2.05. The number of hydrogen-bond acceptors (Lipinski definition) is 4. The average molecular weight is 362 g/mol. The van der Waals surface area contributed by atoms with Crippen LogP contribution in [0, 0.1) is 5.41 Å². The molecule has 118 valence electrons. The van der Waals surface area contributed by atoms with Crippen LogP contribution in [-0.2, 0) is 11.0 Å². The highest BCUT2D eigenvalue weighted by atomic mass is 35.5. The van der Waals surface area contributed by atoms with Gasteiger partial charge in [0, 0.05) is 0 Å². The molecule has 1 aliphatic carbocycles. The summed E-state index contributed by atoms with van der Waals surface area (Å²) < 4.78 is 36.1. The molecular formula is C11H12Cl2F3N3OS. The fourth-order valence-corrected chi connectivity index (χ4v) is 3.47.